The van der Waals surface area contributed by atoms with E-state index in [1.165, 1.54) is 12.1 Å². The number of carbonyl (C=O) groups is 1. The summed E-state index contributed by atoms with van der Waals surface area (Å²) in [6.07, 6.45) is 4.87. The van der Waals surface area contributed by atoms with Crippen LogP contribution in [0, 0.1) is 5.82 Å². The second kappa shape index (κ2) is 7.43. The number of nitrogens with zero attached hydrogens (tertiary/aromatic N) is 1. The first-order chi connectivity index (χ1) is 11.7. The van der Waals surface area contributed by atoms with Crippen molar-refractivity contribution in [3.63, 3.8) is 0 Å². The molecule has 2 aromatic rings. The Morgan fingerprint density at radius 1 is 1.21 bits per heavy atom. The fourth-order valence-electron chi connectivity index (χ4n) is 3.31. The van der Waals surface area contributed by atoms with E-state index in [9.17, 15) is 9.18 Å². The zero-order valence-electron chi connectivity index (χ0n) is 13.8. The molecule has 5 heteroatoms. The van der Waals surface area contributed by atoms with Gasteiger partial charge in [0.2, 0.25) is 0 Å². The van der Waals surface area contributed by atoms with Gasteiger partial charge < -0.3 is 10.6 Å². The summed E-state index contributed by atoms with van der Waals surface area (Å²) < 4.78 is 13.1. The molecule has 0 saturated heterocycles. The Morgan fingerprint density at radius 3 is 2.67 bits per heavy atom. The van der Waals surface area contributed by atoms with Gasteiger partial charge in [-0.15, -0.1) is 0 Å². The lowest BCUT2D eigenvalue weighted by atomic mass is 9.94. The van der Waals surface area contributed by atoms with Gasteiger partial charge in [-0.05, 0) is 49.6 Å². The molecule has 1 fully saturated rings. The fraction of sp³-hybridized carbons (Fsp3) is 0.368. The molecule has 24 heavy (non-hydrogen) atoms. The summed E-state index contributed by atoms with van der Waals surface area (Å²) in [7, 11) is 0. The second-order valence-corrected chi connectivity index (χ2v) is 6.13. The molecule has 1 saturated carbocycles. The van der Waals surface area contributed by atoms with Crippen LogP contribution in [0.25, 0.3) is 0 Å². The standard InChI is InChI=1S/C19H22FN3O/c1-2-21-19(24)14-8-11-18(22-12-14)23-17-5-3-4-16(17)13-6-9-15(20)10-7-13/h6-12,16-17H,2-5H2,1H3,(H,21,24)(H,22,23). The molecule has 1 amide bonds. The highest BCUT2D eigenvalue weighted by atomic mass is 19.1. The van der Waals surface area contributed by atoms with E-state index < -0.39 is 0 Å². The summed E-state index contributed by atoms with van der Waals surface area (Å²) in [6, 6.07) is 10.7. The molecule has 126 valence electrons. The number of aromatic nitrogens is 1. The minimum absolute atomic E-state index is 0.110. The number of rotatable bonds is 5. The Balaban J connectivity index is 1.68. The highest BCUT2D eigenvalue weighted by Gasteiger charge is 2.28. The van der Waals surface area contributed by atoms with Gasteiger partial charge in [-0.1, -0.05) is 18.6 Å². The molecule has 1 aromatic heterocycles. The lowest BCUT2D eigenvalue weighted by molar-refractivity contribution is 0.0955. The van der Waals surface area contributed by atoms with Crippen molar-refractivity contribution in [1.29, 1.82) is 0 Å². The van der Waals surface area contributed by atoms with Crippen molar-refractivity contribution in [1.82, 2.24) is 10.3 Å². The Labute approximate surface area is 141 Å². The van der Waals surface area contributed by atoms with Crippen molar-refractivity contribution in [3.8, 4) is 0 Å². The van der Waals surface area contributed by atoms with Crippen molar-refractivity contribution < 1.29 is 9.18 Å². The van der Waals surface area contributed by atoms with E-state index in [0.717, 1.165) is 30.6 Å². The van der Waals surface area contributed by atoms with Gasteiger partial charge in [0.1, 0.15) is 11.6 Å². The highest BCUT2D eigenvalue weighted by Crippen LogP contribution is 2.36. The van der Waals surface area contributed by atoms with Crippen LogP contribution in [0.2, 0.25) is 0 Å². The maximum Gasteiger partial charge on any atom is 0.252 e. The molecule has 1 aliphatic rings. The summed E-state index contributed by atoms with van der Waals surface area (Å²) in [6.45, 7) is 2.48. The molecule has 3 rings (SSSR count). The maximum atomic E-state index is 13.1. The van der Waals surface area contributed by atoms with Crippen LogP contribution in [-0.2, 0) is 0 Å². The quantitative estimate of drug-likeness (QED) is 0.880. The molecule has 0 spiro atoms. The number of hydrogen-bond donors (Lipinski definition) is 2. The molecular formula is C19H22FN3O. The van der Waals surface area contributed by atoms with E-state index in [1.54, 1.807) is 12.3 Å². The summed E-state index contributed by atoms with van der Waals surface area (Å²) >= 11 is 0. The van der Waals surface area contributed by atoms with Crippen molar-refractivity contribution >= 4 is 11.7 Å². The van der Waals surface area contributed by atoms with E-state index in [0.29, 0.717) is 18.0 Å². The smallest absolute Gasteiger partial charge is 0.252 e. The number of pyridine rings is 1. The zero-order valence-corrected chi connectivity index (χ0v) is 13.8. The minimum atomic E-state index is -0.205. The van der Waals surface area contributed by atoms with Crippen LogP contribution in [0.1, 0.15) is 48.0 Å². The van der Waals surface area contributed by atoms with Crippen LogP contribution in [0.5, 0.6) is 0 Å². The third kappa shape index (κ3) is 3.72. The highest BCUT2D eigenvalue weighted by molar-refractivity contribution is 5.93. The molecule has 0 bridgehead atoms. The SMILES string of the molecule is CCNC(=O)c1ccc(NC2CCCC2c2ccc(F)cc2)nc1. The van der Waals surface area contributed by atoms with Gasteiger partial charge in [0.05, 0.1) is 5.56 Å². The van der Waals surface area contributed by atoms with Gasteiger partial charge in [-0.3, -0.25) is 4.79 Å². The predicted octanol–water partition coefficient (Wildman–Crippen LogP) is 3.72. The van der Waals surface area contributed by atoms with Gasteiger partial charge in [0, 0.05) is 24.7 Å². The zero-order chi connectivity index (χ0) is 16.9. The first-order valence-electron chi connectivity index (χ1n) is 8.43. The molecule has 1 aliphatic carbocycles. The van der Waals surface area contributed by atoms with E-state index in [4.69, 9.17) is 0 Å². The second-order valence-electron chi connectivity index (χ2n) is 6.13. The average molecular weight is 327 g/mol. The number of benzene rings is 1. The van der Waals surface area contributed by atoms with E-state index in [-0.39, 0.29) is 17.8 Å². The van der Waals surface area contributed by atoms with Crippen molar-refractivity contribution in [2.24, 2.45) is 0 Å². The topological polar surface area (TPSA) is 54.0 Å². The summed E-state index contributed by atoms with van der Waals surface area (Å²) in [4.78, 5) is 16.1. The minimum Gasteiger partial charge on any atom is -0.367 e. The lowest BCUT2D eigenvalue weighted by Gasteiger charge is -2.22. The molecule has 4 nitrogen and oxygen atoms in total. The maximum absolute atomic E-state index is 13.1. The van der Waals surface area contributed by atoms with Gasteiger partial charge in [0.15, 0.2) is 0 Å². The number of amides is 1. The van der Waals surface area contributed by atoms with E-state index in [2.05, 4.69) is 15.6 Å². The van der Waals surface area contributed by atoms with Gasteiger partial charge in [-0.2, -0.15) is 0 Å². The Morgan fingerprint density at radius 2 is 2.00 bits per heavy atom. The predicted molar refractivity (Wildman–Crippen MR) is 92.6 cm³/mol. The Hall–Kier alpha value is -2.43. The van der Waals surface area contributed by atoms with Crippen LogP contribution >= 0.6 is 0 Å². The monoisotopic (exact) mass is 327 g/mol. The van der Waals surface area contributed by atoms with Crippen LogP contribution in [-0.4, -0.2) is 23.5 Å². The summed E-state index contributed by atoms with van der Waals surface area (Å²) in [5, 5.41) is 6.22. The number of nitrogens with one attached hydrogen (secondary N) is 2. The summed E-state index contributed by atoms with van der Waals surface area (Å²) in [5.74, 6) is 0.808. The van der Waals surface area contributed by atoms with Crippen molar-refractivity contribution in [2.75, 3.05) is 11.9 Å². The van der Waals surface area contributed by atoms with Crippen molar-refractivity contribution in [2.45, 2.75) is 38.1 Å². The van der Waals surface area contributed by atoms with Crippen LogP contribution in [0.4, 0.5) is 10.2 Å². The van der Waals surface area contributed by atoms with Crippen LogP contribution < -0.4 is 10.6 Å². The van der Waals surface area contributed by atoms with Crippen LogP contribution in [0.3, 0.4) is 0 Å². The molecule has 2 N–H and O–H groups in total. The first-order valence-corrected chi connectivity index (χ1v) is 8.43. The molecule has 1 heterocycles. The van der Waals surface area contributed by atoms with E-state index >= 15 is 0 Å². The molecule has 2 unspecified atom stereocenters. The van der Waals surface area contributed by atoms with Gasteiger partial charge in [-0.25, -0.2) is 9.37 Å². The van der Waals surface area contributed by atoms with Crippen LogP contribution in [0.15, 0.2) is 42.6 Å². The molecule has 0 aliphatic heterocycles. The largest absolute Gasteiger partial charge is 0.367 e. The Kier molecular flexibility index (Phi) is 5.08. The summed E-state index contributed by atoms with van der Waals surface area (Å²) in [5.41, 5.74) is 1.72. The normalized spacial score (nSPS) is 19.9. The molecule has 1 aromatic carbocycles. The molecular weight excluding hydrogens is 305 g/mol. The lowest BCUT2D eigenvalue weighted by Crippen LogP contribution is -2.24. The average Bonchev–Trinajstić information content (AvgIpc) is 3.04. The third-order valence-corrected chi connectivity index (χ3v) is 4.51. The number of carbonyl (C=O) groups excluding carboxylic acids is 1. The molecule has 0 radical (unpaired) electrons. The van der Waals surface area contributed by atoms with E-state index in [1.807, 2.05) is 25.1 Å². The van der Waals surface area contributed by atoms with Crippen molar-refractivity contribution in [3.05, 3.63) is 59.5 Å². The Bertz CT molecular complexity index is 685. The third-order valence-electron chi connectivity index (χ3n) is 4.51. The first kappa shape index (κ1) is 16.4. The van der Waals surface area contributed by atoms with Gasteiger partial charge in [0.25, 0.3) is 5.91 Å². The van der Waals surface area contributed by atoms with Gasteiger partial charge >= 0.3 is 0 Å². The molecule has 2 atom stereocenters. The number of anilines is 1. The fourth-order valence-corrected chi connectivity index (χ4v) is 3.31. The number of hydrogen-bond acceptors (Lipinski definition) is 3. The number of halogens is 1.